The van der Waals surface area contributed by atoms with Crippen molar-refractivity contribution in [2.75, 3.05) is 13.1 Å². The van der Waals surface area contributed by atoms with E-state index in [2.05, 4.69) is 21.2 Å². The van der Waals surface area contributed by atoms with Crippen molar-refractivity contribution in [2.45, 2.75) is 25.4 Å². The number of hydrogen-bond donors (Lipinski definition) is 1. The van der Waals surface area contributed by atoms with Gasteiger partial charge in [-0.3, -0.25) is 0 Å². The molecule has 100 valence electrons. The maximum atomic E-state index is 12.7. The molecule has 0 unspecified atom stereocenters. The van der Waals surface area contributed by atoms with Crippen molar-refractivity contribution in [1.82, 2.24) is 5.32 Å². The second-order valence-electron chi connectivity index (χ2n) is 4.74. The first-order valence-corrected chi connectivity index (χ1v) is 6.82. The number of piperidine rings is 1. The first-order chi connectivity index (χ1) is 8.45. The van der Waals surface area contributed by atoms with Crippen molar-refractivity contribution in [3.63, 3.8) is 0 Å². The summed E-state index contributed by atoms with van der Waals surface area (Å²) in [4.78, 5) is 0. The Kier molecular flexibility index (Phi) is 4.33. The average molecular weight is 322 g/mol. The second-order valence-corrected chi connectivity index (χ2v) is 5.66. The molecule has 0 radical (unpaired) electrons. The van der Waals surface area contributed by atoms with Crippen LogP contribution in [-0.4, -0.2) is 13.1 Å². The van der Waals surface area contributed by atoms with Crippen LogP contribution in [0.1, 0.15) is 24.0 Å². The lowest BCUT2D eigenvalue weighted by atomic mass is 9.90. The molecule has 2 rings (SSSR count). The van der Waals surface area contributed by atoms with Crippen LogP contribution in [0.4, 0.5) is 13.2 Å². The van der Waals surface area contributed by atoms with Gasteiger partial charge in [0, 0.05) is 4.47 Å². The number of benzene rings is 1. The second kappa shape index (κ2) is 5.61. The van der Waals surface area contributed by atoms with Crippen LogP contribution < -0.4 is 5.32 Å². The fourth-order valence-electron chi connectivity index (χ4n) is 2.35. The molecule has 1 saturated heterocycles. The first kappa shape index (κ1) is 13.9. The molecule has 1 N–H and O–H groups in total. The van der Waals surface area contributed by atoms with Gasteiger partial charge in [-0.1, -0.05) is 15.9 Å². The van der Waals surface area contributed by atoms with Crippen LogP contribution in [0.25, 0.3) is 0 Å². The van der Waals surface area contributed by atoms with Crippen molar-refractivity contribution in [1.29, 1.82) is 0 Å². The van der Waals surface area contributed by atoms with Crippen LogP contribution in [0.3, 0.4) is 0 Å². The molecule has 0 aromatic heterocycles. The van der Waals surface area contributed by atoms with E-state index in [0.717, 1.165) is 44.0 Å². The standard InChI is InChI=1S/C13H15BrF3N/c14-12-7-10(5-9-1-3-18-4-2-9)6-11(8-12)13(15,16)17/h6-9,18H,1-5H2. The van der Waals surface area contributed by atoms with E-state index in [1.165, 1.54) is 6.07 Å². The maximum Gasteiger partial charge on any atom is 0.416 e. The van der Waals surface area contributed by atoms with E-state index in [-0.39, 0.29) is 0 Å². The van der Waals surface area contributed by atoms with Crippen LogP contribution in [0.2, 0.25) is 0 Å². The van der Waals surface area contributed by atoms with Gasteiger partial charge < -0.3 is 5.32 Å². The first-order valence-electron chi connectivity index (χ1n) is 6.02. The van der Waals surface area contributed by atoms with E-state index in [4.69, 9.17) is 0 Å². The van der Waals surface area contributed by atoms with Gasteiger partial charge >= 0.3 is 6.18 Å². The monoisotopic (exact) mass is 321 g/mol. The molecule has 1 aliphatic heterocycles. The van der Waals surface area contributed by atoms with Gasteiger partial charge in [0.2, 0.25) is 0 Å². The third-order valence-corrected chi connectivity index (χ3v) is 3.73. The van der Waals surface area contributed by atoms with Crippen LogP contribution in [0, 0.1) is 5.92 Å². The third-order valence-electron chi connectivity index (χ3n) is 3.27. The molecule has 1 aromatic rings. The zero-order valence-corrected chi connectivity index (χ0v) is 11.4. The van der Waals surface area contributed by atoms with E-state index in [1.54, 1.807) is 6.07 Å². The molecular weight excluding hydrogens is 307 g/mol. The lowest BCUT2D eigenvalue weighted by Gasteiger charge is -2.23. The molecular formula is C13H15BrF3N. The highest BCUT2D eigenvalue weighted by Gasteiger charge is 2.31. The average Bonchev–Trinajstić information content (AvgIpc) is 2.28. The normalized spacial score (nSPS) is 18.0. The van der Waals surface area contributed by atoms with E-state index < -0.39 is 11.7 Å². The number of alkyl halides is 3. The molecule has 1 heterocycles. The van der Waals surface area contributed by atoms with Gasteiger partial charge in [-0.25, -0.2) is 0 Å². The highest BCUT2D eigenvalue weighted by molar-refractivity contribution is 9.10. The minimum absolute atomic E-state index is 0.488. The molecule has 1 nitrogen and oxygen atoms in total. The number of nitrogens with one attached hydrogen (secondary N) is 1. The Morgan fingerprint density at radius 2 is 1.83 bits per heavy atom. The largest absolute Gasteiger partial charge is 0.416 e. The summed E-state index contributed by atoms with van der Waals surface area (Å²) in [6.07, 6.45) is -1.47. The smallest absolute Gasteiger partial charge is 0.317 e. The summed E-state index contributed by atoms with van der Waals surface area (Å²) < 4.78 is 38.6. The molecule has 0 amide bonds. The molecule has 0 aliphatic carbocycles. The molecule has 0 spiro atoms. The van der Waals surface area contributed by atoms with Gasteiger partial charge in [-0.2, -0.15) is 13.2 Å². The quantitative estimate of drug-likeness (QED) is 0.867. The summed E-state index contributed by atoms with van der Waals surface area (Å²) in [5.41, 5.74) is 0.199. The summed E-state index contributed by atoms with van der Waals surface area (Å²) in [7, 11) is 0. The van der Waals surface area contributed by atoms with Crippen LogP contribution in [0.5, 0.6) is 0 Å². The van der Waals surface area contributed by atoms with Crippen LogP contribution >= 0.6 is 15.9 Å². The van der Waals surface area contributed by atoms with E-state index >= 15 is 0 Å². The summed E-state index contributed by atoms with van der Waals surface area (Å²) in [6.45, 7) is 1.93. The van der Waals surface area contributed by atoms with E-state index in [0.29, 0.717) is 10.4 Å². The van der Waals surface area contributed by atoms with E-state index in [9.17, 15) is 13.2 Å². The van der Waals surface area contributed by atoms with Crippen LogP contribution in [-0.2, 0) is 12.6 Å². The van der Waals surface area contributed by atoms with Crippen molar-refractivity contribution >= 4 is 15.9 Å². The Hall–Kier alpha value is -0.550. The van der Waals surface area contributed by atoms with Gasteiger partial charge in [0.15, 0.2) is 0 Å². The zero-order chi connectivity index (χ0) is 13.2. The Morgan fingerprint density at radius 3 is 2.44 bits per heavy atom. The fourth-order valence-corrected chi connectivity index (χ4v) is 2.89. The Bertz CT molecular complexity index is 411. The number of halogens is 4. The summed E-state index contributed by atoms with van der Waals surface area (Å²) >= 11 is 3.16. The molecule has 0 bridgehead atoms. The SMILES string of the molecule is FC(F)(F)c1cc(Br)cc(CC2CCNCC2)c1. The summed E-state index contributed by atoms with van der Waals surface area (Å²) in [5, 5.41) is 3.26. The zero-order valence-electron chi connectivity index (χ0n) is 9.86. The molecule has 5 heteroatoms. The lowest BCUT2D eigenvalue weighted by molar-refractivity contribution is -0.137. The minimum atomic E-state index is -4.27. The Labute approximate surface area is 113 Å². The topological polar surface area (TPSA) is 12.0 Å². The number of rotatable bonds is 2. The third kappa shape index (κ3) is 3.72. The molecule has 0 saturated carbocycles. The van der Waals surface area contributed by atoms with Gasteiger partial charge in [-0.15, -0.1) is 0 Å². The van der Waals surface area contributed by atoms with Crippen molar-refractivity contribution in [3.8, 4) is 0 Å². The van der Waals surface area contributed by atoms with Gasteiger partial charge in [0.05, 0.1) is 5.56 Å². The highest BCUT2D eigenvalue weighted by Crippen LogP contribution is 2.33. The van der Waals surface area contributed by atoms with Gasteiger partial charge in [-0.05, 0) is 62.0 Å². The fraction of sp³-hybridized carbons (Fsp3) is 0.538. The van der Waals surface area contributed by atoms with Crippen molar-refractivity contribution in [3.05, 3.63) is 33.8 Å². The van der Waals surface area contributed by atoms with Crippen molar-refractivity contribution in [2.24, 2.45) is 5.92 Å². The highest BCUT2D eigenvalue weighted by atomic mass is 79.9. The number of hydrogen-bond acceptors (Lipinski definition) is 1. The summed E-state index contributed by atoms with van der Waals surface area (Å²) in [6, 6.07) is 4.19. The van der Waals surface area contributed by atoms with Gasteiger partial charge in [0.1, 0.15) is 0 Å². The van der Waals surface area contributed by atoms with Crippen molar-refractivity contribution < 1.29 is 13.2 Å². The van der Waals surface area contributed by atoms with Gasteiger partial charge in [0.25, 0.3) is 0 Å². The summed E-state index contributed by atoms with van der Waals surface area (Å²) in [5.74, 6) is 0.488. The Morgan fingerprint density at radius 1 is 1.17 bits per heavy atom. The molecule has 1 fully saturated rings. The Balaban J connectivity index is 2.14. The predicted molar refractivity (Wildman–Crippen MR) is 68.4 cm³/mol. The lowest BCUT2D eigenvalue weighted by Crippen LogP contribution is -2.28. The van der Waals surface area contributed by atoms with Crippen LogP contribution in [0.15, 0.2) is 22.7 Å². The predicted octanol–water partition coefficient (Wildman–Crippen LogP) is 4.01. The molecule has 1 aromatic carbocycles. The molecule has 18 heavy (non-hydrogen) atoms. The minimum Gasteiger partial charge on any atom is -0.317 e. The molecule has 0 atom stereocenters. The molecule has 1 aliphatic rings. The van der Waals surface area contributed by atoms with E-state index in [1.807, 2.05) is 0 Å². The maximum absolute atomic E-state index is 12.7.